The number of alkyl halides is 2. The zero-order valence-electron chi connectivity index (χ0n) is 16.7. The molecule has 0 radical (unpaired) electrons. The maximum atomic E-state index is 12.5. The lowest BCUT2D eigenvalue weighted by atomic mass is 9.94. The van der Waals surface area contributed by atoms with Gasteiger partial charge in [0.2, 0.25) is 0 Å². The van der Waals surface area contributed by atoms with Crippen molar-refractivity contribution in [2.24, 2.45) is 0 Å². The second-order valence-electron chi connectivity index (χ2n) is 8.38. The fourth-order valence-electron chi connectivity index (χ4n) is 3.84. The van der Waals surface area contributed by atoms with Crippen LogP contribution in [0.3, 0.4) is 0 Å². The molecule has 2 amide bonds. The summed E-state index contributed by atoms with van der Waals surface area (Å²) in [4.78, 5) is 28.8. The average molecular weight is 395 g/mol. The van der Waals surface area contributed by atoms with Crippen LogP contribution in [0.4, 0.5) is 19.3 Å². The Labute approximate surface area is 163 Å². The highest BCUT2D eigenvalue weighted by atomic mass is 19.3. The molecule has 0 saturated heterocycles. The van der Waals surface area contributed by atoms with Gasteiger partial charge in [-0.3, -0.25) is 4.79 Å². The van der Waals surface area contributed by atoms with Crippen molar-refractivity contribution in [3.63, 3.8) is 0 Å². The van der Waals surface area contributed by atoms with Gasteiger partial charge in [-0.1, -0.05) is 13.0 Å². The van der Waals surface area contributed by atoms with Crippen molar-refractivity contribution in [2.45, 2.75) is 52.2 Å². The van der Waals surface area contributed by atoms with Crippen LogP contribution < -0.4 is 10.2 Å². The molecule has 0 saturated carbocycles. The molecular formula is C20H27F2N3O3. The number of hydrogen-bond donors (Lipinski definition) is 1. The summed E-state index contributed by atoms with van der Waals surface area (Å²) in [5.74, 6) is -0.379. The smallest absolute Gasteiger partial charge is 0.410 e. The minimum atomic E-state index is -2.59. The highest BCUT2D eigenvalue weighted by Crippen LogP contribution is 2.42. The Kier molecular flexibility index (Phi) is 5.50. The highest BCUT2D eigenvalue weighted by molar-refractivity contribution is 5.98. The molecule has 0 fully saturated rings. The molecule has 1 unspecified atom stereocenters. The average Bonchev–Trinajstić information content (AvgIpc) is 2.80. The Morgan fingerprint density at radius 1 is 1.29 bits per heavy atom. The van der Waals surface area contributed by atoms with Gasteiger partial charge in [-0.05, 0) is 38.0 Å². The van der Waals surface area contributed by atoms with Crippen molar-refractivity contribution < 1.29 is 23.1 Å². The highest BCUT2D eigenvalue weighted by Gasteiger charge is 2.36. The van der Waals surface area contributed by atoms with E-state index < -0.39 is 24.5 Å². The molecule has 2 aliphatic rings. The number of ether oxygens (including phenoxy) is 1. The first-order chi connectivity index (χ1) is 13.1. The first kappa shape index (κ1) is 20.4. The van der Waals surface area contributed by atoms with Gasteiger partial charge in [-0.15, -0.1) is 0 Å². The van der Waals surface area contributed by atoms with Crippen LogP contribution in [-0.2, 0) is 11.3 Å². The number of carbonyl (C=O) groups excluding carboxylic acids is 2. The van der Waals surface area contributed by atoms with Gasteiger partial charge in [0.25, 0.3) is 12.3 Å². The van der Waals surface area contributed by atoms with Crippen molar-refractivity contribution in [3.05, 3.63) is 28.8 Å². The van der Waals surface area contributed by atoms with Crippen molar-refractivity contribution in [1.29, 1.82) is 0 Å². The Hall–Kier alpha value is -2.38. The Balaban J connectivity index is 1.90. The summed E-state index contributed by atoms with van der Waals surface area (Å²) >= 11 is 0. The van der Waals surface area contributed by atoms with E-state index in [9.17, 15) is 18.4 Å². The lowest BCUT2D eigenvalue weighted by Crippen LogP contribution is -2.39. The number of nitrogens with zero attached hydrogens (tertiary/aromatic N) is 2. The summed E-state index contributed by atoms with van der Waals surface area (Å²) in [6, 6.07) is 3.48. The lowest BCUT2D eigenvalue weighted by Gasteiger charge is -2.27. The van der Waals surface area contributed by atoms with Crippen LogP contribution in [0.25, 0.3) is 0 Å². The molecule has 1 aromatic rings. The molecular weight excluding hydrogens is 368 g/mol. The number of nitrogens with one attached hydrogen (secondary N) is 1. The van der Waals surface area contributed by atoms with Crippen molar-refractivity contribution in [1.82, 2.24) is 10.2 Å². The van der Waals surface area contributed by atoms with E-state index >= 15 is 0 Å². The first-order valence-corrected chi connectivity index (χ1v) is 9.52. The second-order valence-corrected chi connectivity index (χ2v) is 8.38. The quantitative estimate of drug-likeness (QED) is 0.853. The molecule has 1 atom stereocenters. The molecule has 6 nitrogen and oxygen atoms in total. The van der Waals surface area contributed by atoms with E-state index in [1.807, 2.05) is 33.8 Å². The fraction of sp³-hybridized carbons (Fsp3) is 0.600. The summed E-state index contributed by atoms with van der Waals surface area (Å²) in [5.41, 5.74) is 2.61. The fourth-order valence-corrected chi connectivity index (χ4v) is 3.84. The molecule has 28 heavy (non-hydrogen) atoms. The number of anilines is 1. The molecule has 2 aliphatic heterocycles. The number of carbonyl (C=O) groups is 2. The van der Waals surface area contributed by atoms with E-state index in [2.05, 4.69) is 10.2 Å². The number of rotatable bonds is 3. The largest absolute Gasteiger partial charge is 0.444 e. The minimum Gasteiger partial charge on any atom is -0.444 e. The summed E-state index contributed by atoms with van der Waals surface area (Å²) in [5, 5.41) is 2.30. The maximum Gasteiger partial charge on any atom is 0.410 e. The van der Waals surface area contributed by atoms with Crippen molar-refractivity contribution in [2.75, 3.05) is 31.1 Å². The van der Waals surface area contributed by atoms with Crippen molar-refractivity contribution in [3.8, 4) is 0 Å². The van der Waals surface area contributed by atoms with Gasteiger partial charge in [0.15, 0.2) is 0 Å². The zero-order valence-corrected chi connectivity index (χ0v) is 16.7. The SMILES string of the molecule is CC1CN2CCN(C(=O)OC(C)(C)C)Cc3ccc(C(=O)NCC(F)F)c1c32. The van der Waals surface area contributed by atoms with Crippen LogP contribution in [0.2, 0.25) is 0 Å². The first-order valence-electron chi connectivity index (χ1n) is 9.52. The topological polar surface area (TPSA) is 61.9 Å². The molecule has 1 N–H and O–H groups in total. The van der Waals surface area contributed by atoms with Gasteiger partial charge >= 0.3 is 6.09 Å². The Bertz CT molecular complexity index is 777. The third-order valence-electron chi connectivity index (χ3n) is 4.92. The number of benzene rings is 1. The van der Waals surface area contributed by atoms with Crippen LogP contribution in [0.15, 0.2) is 12.1 Å². The lowest BCUT2D eigenvalue weighted by molar-refractivity contribution is 0.0243. The van der Waals surface area contributed by atoms with Gasteiger partial charge in [-0.2, -0.15) is 0 Å². The number of amides is 2. The summed E-state index contributed by atoms with van der Waals surface area (Å²) in [6.45, 7) is 9.11. The monoisotopic (exact) mass is 395 g/mol. The van der Waals surface area contributed by atoms with Gasteiger partial charge in [-0.25, -0.2) is 13.6 Å². The van der Waals surface area contributed by atoms with Gasteiger partial charge in [0, 0.05) is 36.8 Å². The maximum absolute atomic E-state index is 12.5. The molecule has 0 spiro atoms. The van der Waals surface area contributed by atoms with Gasteiger partial charge in [0.1, 0.15) is 5.60 Å². The standard InChI is InChI=1S/C20H27F2N3O3/c1-12-10-24-7-8-25(19(27)28-20(2,3)4)11-13-5-6-14(16(12)17(13)24)18(26)23-9-15(21)22/h5-6,12,15H,7-11H2,1-4H3,(H,23,26). The Morgan fingerprint density at radius 2 is 2.00 bits per heavy atom. The van der Waals surface area contributed by atoms with E-state index in [-0.39, 0.29) is 12.0 Å². The third-order valence-corrected chi connectivity index (χ3v) is 4.92. The summed E-state index contributed by atoms with van der Waals surface area (Å²) in [6.07, 6.45) is -2.95. The molecule has 0 bridgehead atoms. The minimum absolute atomic E-state index is 0.107. The second kappa shape index (κ2) is 7.56. The molecule has 2 heterocycles. The Morgan fingerprint density at radius 3 is 2.64 bits per heavy atom. The van der Waals surface area contributed by atoms with E-state index in [1.54, 1.807) is 11.0 Å². The number of halogens is 2. The van der Waals surface area contributed by atoms with Crippen molar-refractivity contribution >= 4 is 17.7 Å². The summed E-state index contributed by atoms with van der Waals surface area (Å²) in [7, 11) is 0. The normalized spacial score (nSPS) is 18.8. The van der Waals surface area contributed by atoms with Gasteiger partial charge < -0.3 is 19.9 Å². The molecule has 8 heteroatoms. The summed E-state index contributed by atoms with van der Waals surface area (Å²) < 4.78 is 30.4. The van der Waals surface area contributed by atoms with Crippen LogP contribution in [0, 0.1) is 0 Å². The van der Waals surface area contributed by atoms with Crippen LogP contribution >= 0.6 is 0 Å². The van der Waals surface area contributed by atoms with Crippen LogP contribution in [0.5, 0.6) is 0 Å². The van der Waals surface area contributed by atoms with E-state index in [0.29, 0.717) is 25.2 Å². The molecule has 3 rings (SSSR count). The molecule has 1 aromatic carbocycles. The predicted octanol–water partition coefficient (Wildman–Crippen LogP) is 3.36. The molecule has 154 valence electrons. The van der Waals surface area contributed by atoms with Crippen LogP contribution in [0.1, 0.15) is 55.1 Å². The predicted molar refractivity (Wildman–Crippen MR) is 102 cm³/mol. The van der Waals surface area contributed by atoms with Crippen LogP contribution in [-0.4, -0.2) is 55.1 Å². The third kappa shape index (κ3) is 4.20. The van der Waals surface area contributed by atoms with E-state index in [1.165, 1.54) is 0 Å². The molecule has 0 aliphatic carbocycles. The zero-order chi connectivity index (χ0) is 20.6. The van der Waals surface area contributed by atoms with Gasteiger partial charge in [0.05, 0.1) is 13.1 Å². The number of hydrogen-bond acceptors (Lipinski definition) is 4. The van der Waals surface area contributed by atoms with E-state index in [0.717, 1.165) is 23.4 Å². The van der Waals surface area contributed by atoms with E-state index in [4.69, 9.17) is 4.74 Å². The molecule has 0 aromatic heterocycles.